The van der Waals surface area contributed by atoms with E-state index in [-0.39, 0.29) is 6.10 Å². The molecule has 0 aromatic heterocycles. The van der Waals surface area contributed by atoms with E-state index in [2.05, 4.69) is 24.1 Å². The number of aliphatic hydroxyl groups excluding tert-OH is 1. The van der Waals surface area contributed by atoms with Crippen molar-refractivity contribution in [2.24, 2.45) is 0 Å². The zero-order chi connectivity index (χ0) is 13.4. The van der Waals surface area contributed by atoms with Crippen LogP contribution in [0.2, 0.25) is 0 Å². The summed E-state index contributed by atoms with van der Waals surface area (Å²) in [5.41, 5.74) is -0.535. The van der Waals surface area contributed by atoms with Gasteiger partial charge in [0.25, 0.3) is 0 Å². The van der Waals surface area contributed by atoms with Gasteiger partial charge in [-0.25, -0.2) is 0 Å². The fourth-order valence-corrected chi connectivity index (χ4v) is 2.70. The van der Waals surface area contributed by atoms with Crippen molar-refractivity contribution >= 4 is 0 Å². The molecule has 1 aliphatic carbocycles. The van der Waals surface area contributed by atoms with Crippen molar-refractivity contribution in [2.75, 3.05) is 32.7 Å². The first-order valence-electron chi connectivity index (χ1n) is 7.43. The Labute approximate surface area is 111 Å². The van der Waals surface area contributed by atoms with Crippen molar-refractivity contribution in [1.82, 2.24) is 10.2 Å². The number of rotatable bonds is 8. The van der Waals surface area contributed by atoms with Gasteiger partial charge in [0.05, 0.1) is 11.7 Å². The molecule has 1 fully saturated rings. The van der Waals surface area contributed by atoms with Crippen LogP contribution < -0.4 is 5.32 Å². The number of aliphatic hydroxyl groups is 2. The Morgan fingerprint density at radius 3 is 2.33 bits per heavy atom. The van der Waals surface area contributed by atoms with Crippen LogP contribution in [0.25, 0.3) is 0 Å². The van der Waals surface area contributed by atoms with E-state index >= 15 is 0 Å². The van der Waals surface area contributed by atoms with Crippen LogP contribution >= 0.6 is 0 Å². The molecule has 0 bridgehead atoms. The zero-order valence-electron chi connectivity index (χ0n) is 12.0. The molecule has 1 aliphatic rings. The van der Waals surface area contributed by atoms with E-state index in [4.69, 9.17) is 0 Å². The van der Waals surface area contributed by atoms with E-state index in [1.54, 1.807) is 0 Å². The lowest BCUT2D eigenvalue weighted by Crippen LogP contribution is -2.46. The van der Waals surface area contributed by atoms with Crippen molar-refractivity contribution < 1.29 is 10.2 Å². The Hall–Kier alpha value is -0.160. The molecule has 1 atom stereocenters. The van der Waals surface area contributed by atoms with Crippen LogP contribution in [-0.4, -0.2) is 59.5 Å². The Kier molecular flexibility index (Phi) is 7.15. The van der Waals surface area contributed by atoms with Crippen molar-refractivity contribution in [2.45, 2.75) is 57.7 Å². The molecule has 0 aromatic carbocycles. The van der Waals surface area contributed by atoms with Gasteiger partial charge in [-0.05, 0) is 25.9 Å². The van der Waals surface area contributed by atoms with Gasteiger partial charge in [-0.3, -0.25) is 0 Å². The highest BCUT2D eigenvalue weighted by molar-refractivity contribution is 4.84. The molecule has 0 radical (unpaired) electrons. The molecule has 0 heterocycles. The summed E-state index contributed by atoms with van der Waals surface area (Å²) in [5, 5.41) is 23.4. The molecule has 1 unspecified atom stereocenters. The van der Waals surface area contributed by atoms with Crippen LogP contribution in [0.3, 0.4) is 0 Å². The molecular weight excluding hydrogens is 228 g/mol. The summed E-state index contributed by atoms with van der Waals surface area (Å²) in [5.74, 6) is 0. The van der Waals surface area contributed by atoms with Gasteiger partial charge in [0.15, 0.2) is 0 Å². The molecule has 108 valence electrons. The van der Waals surface area contributed by atoms with Crippen LogP contribution in [0.15, 0.2) is 0 Å². The Morgan fingerprint density at radius 1 is 1.17 bits per heavy atom. The lowest BCUT2D eigenvalue weighted by molar-refractivity contribution is 0.00186. The van der Waals surface area contributed by atoms with Crippen molar-refractivity contribution in [1.29, 1.82) is 0 Å². The minimum Gasteiger partial charge on any atom is -0.390 e. The number of nitrogens with one attached hydrogen (secondary N) is 1. The van der Waals surface area contributed by atoms with E-state index in [1.165, 1.54) is 6.42 Å². The van der Waals surface area contributed by atoms with Gasteiger partial charge in [0.1, 0.15) is 0 Å². The third-order valence-electron chi connectivity index (χ3n) is 3.98. The van der Waals surface area contributed by atoms with Gasteiger partial charge in [-0.15, -0.1) is 0 Å². The lowest BCUT2D eigenvalue weighted by atomic mass is 9.85. The molecule has 1 rings (SSSR count). The van der Waals surface area contributed by atoms with E-state index in [0.717, 1.165) is 38.8 Å². The first kappa shape index (κ1) is 15.9. The molecule has 0 spiro atoms. The maximum Gasteiger partial charge on any atom is 0.0791 e. The fourth-order valence-electron chi connectivity index (χ4n) is 2.70. The third-order valence-corrected chi connectivity index (χ3v) is 3.98. The van der Waals surface area contributed by atoms with Gasteiger partial charge < -0.3 is 20.4 Å². The fraction of sp³-hybridized carbons (Fsp3) is 1.00. The molecule has 18 heavy (non-hydrogen) atoms. The van der Waals surface area contributed by atoms with Crippen molar-refractivity contribution in [3.8, 4) is 0 Å². The second-order valence-electron chi connectivity index (χ2n) is 5.56. The molecule has 4 nitrogen and oxygen atoms in total. The number of likely N-dealkylation sites (N-methyl/N-ethyl adjacent to an activating group) is 1. The topological polar surface area (TPSA) is 55.7 Å². The minimum absolute atomic E-state index is 0.350. The number of nitrogens with zero attached hydrogens (tertiary/aromatic N) is 1. The zero-order valence-corrected chi connectivity index (χ0v) is 12.0. The molecule has 0 aromatic rings. The predicted molar refractivity (Wildman–Crippen MR) is 74.7 cm³/mol. The van der Waals surface area contributed by atoms with Crippen molar-refractivity contribution in [3.63, 3.8) is 0 Å². The van der Waals surface area contributed by atoms with Crippen LogP contribution in [0.5, 0.6) is 0 Å². The highest BCUT2D eigenvalue weighted by Crippen LogP contribution is 2.27. The Bertz CT molecular complexity index is 214. The molecular formula is C14H30N2O2. The standard InChI is InChI=1S/C14H30N2O2/c1-3-16(4-2)11-13(17)10-15-12-14(18)8-6-5-7-9-14/h13,15,17-18H,3-12H2,1-2H3. The highest BCUT2D eigenvalue weighted by Gasteiger charge is 2.28. The summed E-state index contributed by atoms with van der Waals surface area (Å²) in [4.78, 5) is 2.21. The van der Waals surface area contributed by atoms with Gasteiger partial charge in [0, 0.05) is 19.6 Å². The van der Waals surface area contributed by atoms with Gasteiger partial charge in [-0.2, -0.15) is 0 Å². The van der Waals surface area contributed by atoms with Gasteiger partial charge in [0.2, 0.25) is 0 Å². The largest absolute Gasteiger partial charge is 0.390 e. The van der Waals surface area contributed by atoms with Crippen LogP contribution in [0, 0.1) is 0 Å². The average Bonchev–Trinajstić information content (AvgIpc) is 2.36. The average molecular weight is 258 g/mol. The van der Waals surface area contributed by atoms with Gasteiger partial charge >= 0.3 is 0 Å². The normalized spacial score (nSPS) is 21.2. The Morgan fingerprint density at radius 2 is 1.78 bits per heavy atom. The lowest BCUT2D eigenvalue weighted by Gasteiger charge is -2.32. The maximum atomic E-state index is 10.3. The number of hydrogen-bond donors (Lipinski definition) is 3. The monoisotopic (exact) mass is 258 g/mol. The van der Waals surface area contributed by atoms with Crippen LogP contribution in [0.1, 0.15) is 46.0 Å². The molecule has 4 heteroatoms. The number of hydrogen-bond acceptors (Lipinski definition) is 4. The van der Waals surface area contributed by atoms with E-state index in [9.17, 15) is 10.2 Å². The molecule has 0 amide bonds. The first-order valence-corrected chi connectivity index (χ1v) is 7.43. The Balaban J connectivity index is 2.16. The van der Waals surface area contributed by atoms with Crippen molar-refractivity contribution in [3.05, 3.63) is 0 Å². The van der Waals surface area contributed by atoms with Crippen LogP contribution in [0.4, 0.5) is 0 Å². The summed E-state index contributed by atoms with van der Waals surface area (Å²) in [6, 6.07) is 0. The highest BCUT2D eigenvalue weighted by atomic mass is 16.3. The smallest absolute Gasteiger partial charge is 0.0791 e. The third kappa shape index (κ3) is 5.65. The maximum absolute atomic E-state index is 10.3. The summed E-state index contributed by atoms with van der Waals surface area (Å²) in [6.45, 7) is 8.04. The van der Waals surface area contributed by atoms with E-state index < -0.39 is 5.60 Å². The second kappa shape index (κ2) is 8.10. The van der Waals surface area contributed by atoms with E-state index in [0.29, 0.717) is 19.6 Å². The predicted octanol–water partition coefficient (Wildman–Crippen LogP) is 0.974. The summed E-state index contributed by atoms with van der Waals surface area (Å²) < 4.78 is 0. The molecule has 1 saturated carbocycles. The summed E-state index contributed by atoms with van der Waals surface area (Å²) in [7, 11) is 0. The summed E-state index contributed by atoms with van der Waals surface area (Å²) >= 11 is 0. The molecule has 0 aliphatic heterocycles. The van der Waals surface area contributed by atoms with E-state index in [1.807, 2.05) is 0 Å². The second-order valence-corrected chi connectivity index (χ2v) is 5.56. The van der Waals surface area contributed by atoms with Crippen LogP contribution in [-0.2, 0) is 0 Å². The SMILES string of the molecule is CCN(CC)CC(O)CNCC1(O)CCCCC1. The minimum atomic E-state index is -0.535. The quantitative estimate of drug-likeness (QED) is 0.607. The molecule has 0 saturated heterocycles. The van der Waals surface area contributed by atoms with Gasteiger partial charge in [-0.1, -0.05) is 33.1 Å². The molecule has 3 N–H and O–H groups in total. The summed E-state index contributed by atoms with van der Waals surface area (Å²) in [6.07, 6.45) is 4.93. The first-order chi connectivity index (χ1) is 8.59.